The Morgan fingerprint density at radius 2 is 2.20 bits per heavy atom. The van der Waals surface area contributed by atoms with Crippen LogP contribution >= 0.6 is 38.9 Å². The summed E-state index contributed by atoms with van der Waals surface area (Å²) in [6.45, 7) is 7.06. The fourth-order valence-corrected chi connectivity index (χ4v) is 4.28. The predicted octanol–water partition coefficient (Wildman–Crippen LogP) is 4.49. The molecule has 1 atom stereocenters. The third-order valence-electron chi connectivity index (χ3n) is 3.37. The Bertz CT molecular complexity index is 606. The molecule has 2 aromatic rings. The summed E-state index contributed by atoms with van der Waals surface area (Å²) >= 11 is 11.6. The van der Waals surface area contributed by atoms with E-state index in [1.54, 1.807) is 11.3 Å². The molecule has 20 heavy (non-hydrogen) atoms. The van der Waals surface area contributed by atoms with Crippen LogP contribution in [-0.2, 0) is 19.4 Å². The number of thiophene rings is 1. The summed E-state index contributed by atoms with van der Waals surface area (Å²) in [7, 11) is 0. The Morgan fingerprint density at radius 3 is 2.70 bits per heavy atom. The van der Waals surface area contributed by atoms with E-state index in [-0.39, 0.29) is 6.04 Å². The van der Waals surface area contributed by atoms with Gasteiger partial charge in [-0.25, -0.2) is 0 Å². The van der Waals surface area contributed by atoms with E-state index >= 15 is 0 Å². The van der Waals surface area contributed by atoms with Gasteiger partial charge in [-0.05, 0) is 47.1 Å². The van der Waals surface area contributed by atoms with E-state index in [1.807, 2.05) is 11.6 Å². The maximum Gasteiger partial charge on any atom is 0.0766 e. The highest BCUT2D eigenvalue weighted by Crippen LogP contribution is 2.34. The molecular weight excluding hydrogens is 358 g/mol. The van der Waals surface area contributed by atoms with Gasteiger partial charge in [0.1, 0.15) is 0 Å². The number of rotatable bonds is 5. The standard InChI is InChI=1S/C14H19BrClN3S/c1-4-10-12(15)11(19(5-2)18-10)6-9(17)14-13(16)8(3)7-20-14/h7,9H,4-6,17H2,1-3H3. The van der Waals surface area contributed by atoms with Crippen LogP contribution in [0.3, 0.4) is 0 Å². The van der Waals surface area contributed by atoms with Crippen LogP contribution in [0.15, 0.2) is 9.85 Å². The Kier molecular flexibility index (Phi) is 5.29. The van der Waals surface area contributed by atoms with Crippen molar-refractivity contribution in [2.24, 2.45) is 5.73 Å². The molecule has 2 heterocycles. The van der Waals surface area contributed by atoms with Crippen molar-refractivity contribution < 1.29 is 0 Å². The lowest BCUT2D eigenvalue weighted by atomic mass is 10.1. The minimum atomic E-state index is -0.0933. The molecule has 0 aromatic carbocycles. The van der Waals surface area contributed by atoms with Crippen LogP contribution < -0.4 is 5.73 Å². The third-order valence-corrected chi connectivity index (χ3v) is 6.13. The Labute approximate surface area is 137 Å². The summed E-state index contributed by atoms with van der Waals surface area (Å²) in [5, 5.41) is 7.47. The van der Waals surface area contributed by atoms with Crippen molar-refractivity contribution in [3.8, 4) is 0 Å². The van der Waals surface area contributed by atoms with E-state index in [1.165, 1.54) is 0 Å². The van der Waals surface area contributed by atoms with Gasteiger partial charge in [-0.1, -0.05) is 18.5 Å². The average Bonchev–Trinajstić information content (AvgIpc) is 2.92. The predicted molar refractivity (Wildman–Crippen MR) is 89.7 cm³/mol. The lowest BCUT2D eigenvalue weighted by Gasteiger charge is -2.12. The average molecular weight is 377 g/mol. The summed E-state index contributed by atoms with van der Waals surface area (Å²) in [5.41, 5.74) is 9.68. The fourth-order valence-electron chi connectivity index (χ4n) is 2.21. The van der Waals surface area contributed by atoms with Crippen LogP contribution in [0, 0.1) is 6.92 Å². The van der Waals surface area contributed by atoms with Gasteiger partial charge in [0, 0.05) is 23.9 Å². The number of aromatic nitrogens is 2. The molecule has 0 aliphatic carbocycles. The smallest absolute Gasteiger partial charge is 0.0766 e. The highest BCUT2D eigenvalue weighted by molar-refractivity contribution is 9.10. The quantitative estimate of drug-likeness (QED) is 0.835. The molecule has 0 amide bonds. The van der Waals surface area contributed by atoms with Crippen molar-refractivity contribution in [2.75, 3.05) is 0 Å². The number of nitrogens with two attached hydrogens (primary N) is 1. The van der Waals surface area contributed by atoms with E-state index < -0.39 is 0 Å². The molecule has 0 bridgehead atoms. The molecule has 0 radical (unpaired) electrons. The molecule has 2 rings (SSSR count). The second-order valence-electron chi connectivity index (χ2n) is 4.78. The normalized spacial score (nSPS) is 12.9. The lowest BCUT2D eigenvalue weighted by Crippen LogP contribution is -2.15. The number of hydrogen-bond acceptors (Lipinski definition) is 3. The molecule has 110 valence electrons. The van der Waals surface area contributed by atoms with Crippen LogP contribution in [0.4, 0.5) is 0 Å². The van der Waals surface area contributed by atoms with Gasteiger partial charge >= 0.3 is 0 Å². The Balaban J connectivity index is 2.30. The van der Waals surface area contributed by atoms with Gasteiger partial charge in [-0.15, -0.1) is 11.3 Å². The van der Waals surface area contributed by atoms with E-state index in [2.05, 4.69) is 40.3 Å². The molecule has 0 aliphatic heterocycles. The molecule has 2 N–H and O–H groups in total. The van der Waals surface area contributed by atoms with E-state index in [0.717, 1.165) is 50.7 Å². The first kappa shape index (κ1) is 16.0. The molecule has 0 aliphatic rings. The molecule has 0 saturated carbocycles. The van der Waals surface area contributed by atoms with Crippen molar-refractivity contribution in [3.63, 3.8) is 0 Å². The molecular formula is C14H19BrClN3S. The van der Waals surface area contributed by atoms with Crippen LogP contribution in [0.1, 0.15) is 41.7 Å². The highest BCUT2D eigenvalue weighted by atomic mass is 79.9. The van der Waals surface area contributed by atoms with E-state index in [4.69, 9.17) is 17.3 Å². The third kappa shape index (κ3) is 2.96. The molecule has 0 saturated heterocycles. The van der Waals surface area contributed by atoms with Gasteiger partial charge in [-0.3, -0.25) is 4.68 Å². The van der Waals surface area contributed by atoms with Crippen LogP contribution in [0.25, 0.3) is 0 Å². The lowest BCUT2D eigenvalue weighted by molar-refractivity contribution is 0.587. The summed E-state index contributed by atoms with van der Waals surface area (Å²) in [6, 6.07) is -0.0933. The minimum Gasteiger partial charge on any atom is -0.323 e. The number of hydrogen-bond donors (Lipinski definition) is 1. The topological polar surface area (TPSA) is 43.8 Å². The highest BCUT2D eigenvalue weighted by Gasteiger charge is 2.20. The molecule has 1 unspecified atom stereocenters. The molecule has 6 heteroatoms. The molecule has 0 fully saturated rings. The second kappa shape index (κ2) is 6.60. The first-order chi connectivity index (χ1) is 9.49. The van der Waals surface area contributed by atoms with Gasteiger partial charge in [0.2, 0.25) is 0 Å². The molecule has 0 spiro atoms. The van der Waals surface area contributed by atoms with Crippen molar-refractivity contribution in [3.05, 3.63) is 36.7 Å². The minimum absolute atomic E-state index is 0.0933. The monoisotopic (exact) mass is 375 g/mol. The van der Waals surface area contributed by atoms with Crippen LogP contribution in [0.2, 0.25) is 5.02 Å². The zero-order chi connectivity index (χ0) is 14.9. The van der Waals surface area contributed by atoms with E-state index in [0.29, 0.717) is 0 Å². The number of halogens is 2. The van der Waals surface area contributed by atoms with Crippen molar-refractivity contribution >= 4 is 38.9 Å². The van der Waals surface area contributed by atoms with E-state index in [9.17, 15) is 0 Å². The number of aryl methyl sites for hydroxylation is 3. The summed E-state index contributed by atoms with van der Waals surface area (Å²) in [4.78, 5) is 1.05. The summed E-state index contributed by atoms with van der Waals surface area (Å²) < 4.78 is 3.11. The van der Waals surface area contributed by atoms with Gasteiger partial charge in [0.05, 0.1) is 20.9 Å². The Morgan fingerprint density at radius 1 is 1.50 bits per heavy atom. The zero-order valence-electron chi connectivity index (χ0n) is 11.9. The number of nitrogens with zero attached hydrogens (tertiary/aromatic N) is 2. The first-order valence-corrected chi connectivity index (χ1v) is 8.77. The van der Waals surface area contributed by atoms with Crippen LogP contribution in [0.5, 0.6) is 0 Å². The van der Waals surface area contributed by atoms with Gasteiger partial charge < -0.3 is 5.73 Å². The van der Waals surface area contributed by atoms with Crippen LogP contribution in [-0.4, -0.2) is 9.78 Å². The Hall–Kier alpha value is -0.360. The zero-order valence-corrected chi connectivity index (χ0v) is 15.1. The fraction of sp³-hybridized carbons (Fsp3) is 0.500. The molecule has 2 aromatic heterocycles. The van der Waals surface area contributed by atoms with Crippen molar-refractivity contribution in [2.45, 2.75) is 46.2 Å². The van der Waals surface area contributed by atoms with Crippen molar-refractivity contribution in [1.82, 2.24) is 9.78 Å². The maximum absolute atomic E-state index is 6.35. The van der Waals surface area contributed by atoms with Gasteiger partial charge in [0.15, 0.2) is 0 Å². The summed E-state index contributed by atoms with van der Waals surface area (Å²) in [5.74, 6) is 0. The molecule has 3 nitrogen and oxygen atoms in total. The first-order valence-electron chi connectivity index (χ1n) is 6.72. The second-order valence-corrected chi connectivity index (χ2v) is 6.87. The van der Waals surface area contributed by atoms with Crippen molar-refractivity contribution in [1.29, 1.82) is 0 Å². The largest absolute Gasteiger partial charge is 0.323 e. The summed E-state index contributed by atoms with van der Waals surface area (Å²) in [6.07, 6.45) is 1.65. The van der Waals surface area contributed by atoms with Gasteiger partial charge in [-0.2, -0.15) is 5.10 Å². The SMILES string of the molecule is CCc1nn(CC)c(CC(N)c2scc(C)c2Cl)c1Br. The van der Waals surface area contributed by atoms with Gasteiger partial charge in [0.25, 0.3) is 0 Å². The maximum atomic E-state index is 6.35.